The number of hydrogen-bond acceptors (Lipinski definition) is 3. The molecule has 0 saturated carbocycles. The predicted molar refractivity (Wildman–Crippen MR) is 42.4 cm³/mol. The van der Waals surface area contributed by atoms with E-state index in [1.807, 2.05) is 0 Å². The first-order valence-corrected chi connectivity index (χ1v) is 3.97. The van der Waals surface area contributed by atoms with Crippen LogP contribution in [-0.4, -0.2) is 18.2 Å². The third-order valence-electron chi connectivity index (χ3n) is 1.27. The average molecular weight is 190 g/mol. The Morgan fingerprint density at radius 3 is 2.83 bits per heavy atom. The molecule has 66 valence electrons. The van der Waals surface area contributed by atoms with Gasteiger partial charge < -0.3 is 9.84 Å². The van der Waals surface area contributed by atoms with Crippen molar-refractivity contribution in [3.8, 4) is 5.06 Å². The topological polar surface area (TPSA) is 46.5 Å². The average Bonchev–Trinajstić information content (AvgIpc) is 2.50. The van der Waals surface area contributed by atoms with Crippen LogP contribution in [0.5, 0.6) is 5.06 Å². The van der Waals surface area contributed by atoms with Gasteiger partial charge >= 0.3 is 5.97 Å². The van der Waals surface area contributed by atoms with E-state index < -0.39 is 12.1 Å². The van der Waals surface area contributed by atoms with Gasteiger partial charge in [0.2, 0.25) is 6.17 Å². The number of alkyl halides is 1. The van der Waals surface area contributed by atoms with Crippen molar-refractivity contribution in [2.45, 2.75) is 6.17 Å². The minimum Gasteiger partial charge on any atom is -0.487 e. The van der Waals surface area contributed by atoms with Crippen molar-refractivity contribution < 1.29 is 19.0 Å². The van der Waals surface area contributed by atoms with Gasteiger partial charge in [-0.05, 0) is 12.1 Å². The Labute approximate surface area is 72.4 Å². The highest BCUT2D eigenvalue weighted by Crippen LogP contribution is 2.30. The van der Waals surface area contributed by atoms with E-state index in [1.54, 1.807) is 0 Å². The molecule has 12 heavy (non-hydrogen) atoms. The van der Waals surface area contributed by atoms with Crippen LogP contribution in [0.1, 0.15) is 11.0 Å². The highest BCUT2D eigenvalue weighted by Gasteiger charge is 2.20. The van der Waals surface area contributed by atoms with Crippen molar-refractivity contribution in [1.82, 2.24) is 0 Å². The Kier molecular flexibility index (Phi) is 2.65. The highest BCUT2D eigenvalue weighted by atomic mass is 32.1. The summed E-state index contributed by atoms with van der Waals surface area (Å²) in [6.45, 7) is 0. The van der Waals surface area contributed by atoms with Crippen molar-refractivity contribution in [1.29, 1.82) is 0 Å². The van der Waals surface area contributed by atoms with Crippen LogP contribution in [0.25, 0.3) is 0 Å². The van der Waals surface area contributed by atoms with Crippen molar-refractivity contribution in [3.05, 3.63) is 17.0 Å². The van der Waals surface area contributed by atoms with Gasteiger partial charge in [-0.25, -0.2) is 9.18 Å². The molecule has 1 unspecified atom stereocenters. The zero-order valence-electron chi connectivity index (χ0n) is 6.28. The Bertz CT molecular complexity index is 284. The van der Waals surface area contributed by atoms with E-state index in [0.29, 0.717) is 5.06 Å². The minimum absolute atomic E-state index is 0.152. The predicted octanol–water partition coefficient (Wildman–Crippen LogP) is 1.85. The van der Waals surface area contributed by atoms with Gasteiger partial charge in [-0.1, -0.05) is 0 Å². The number of carbonyl (C=O) groups is 1. The first kappa shape index (κ1) is 8.99. The van der Waals surface area contributed by atoms with Crippen molar-refractivity contribution in [2.75, 3.05) is 7.11 Å². The maximum Gasteiger partial charge on any atom is 0.343 e. The van der Waals surface area contributed by atoms with Crippen LogP contribution in [0.2, 0.25) is 0 Å². The summed E-state index contributed by atoms with van der Waals surface area (Å²) in [6, 6.07) is 2.94. The molecule has 0 aliphatic carbocycles. The van der Waals surface area contributed by atoms with Crippen LogP contribution >= 0.6 is 11.3 Å². The number of ether oxygens (including phenoxy) is 1. The Hall–Kier alpha value is -1.10. The number of carboxylic acids is 1. The second-order valence-corrected chi connectivity index (χ2v) is 3.14. The first-order chi connectivity index (χ1) is 5.65. The molecule has 3 nitrogen and oxygen atoms in total. The lowest BCUT2D eigenvalue weighted by atomic mass is 10.3. The molecule has 0 saturated heterocycles. The lowest BCUT2D eigenvalue weighted by Gasteiger charge is -1.96. The number of halogens is 1. The fourth-order valence-electron chi connectivity index (χ4n) is 0.702. The van der Waals surface area contributed by atoms with E-state index in [2.05, 4.69) is 0 Å². The fraction of sp³-hybridized carbons (Fsp3) is 0.286. The maximum atomic E-state index is 12.8. The normalized spacial score (nSPS) is 12.5. The fourth-order valence-corrected chi connectivity index (χ4v) is 1.49. The summed E-state index contributed by atoms with van der Waals surface area (Å²) < 4.78 is 17.5. The molecule has 0 fully saturated rings. The van der Waals surface area contributed by atoms with Gasteiger partial charge in [0.25, 0.3) is 0 Å². The van der Waals surface area contributed by atoms with Crippen LogP contribution in [0, 0.1) is 0 Å². The molecule has 1 aromatic rings. The number of hydrogen-bond donors (Lipinski definition) is 1. The Balaban J connectivity index is 2.81. The second-order valence-electron chi connectivity index (χ2n) is 2.06. The monoisotopic (exact) mass is 190 g/mol. The lowest BCUT2D eigenvalue weighted by Crippen LogP contribution is -2.03. The summed E-state index contributed by atoms with van der Waals surface area (Å²) in [5.74, 6) is -1.47. The standard InChI is InChI=1S/C7H7FO3S/c1-11-5-3-2-4(12-5)6(8)7(9)10/h2-3,6H,1H3,(H,9,10). The van der Waals surface area contributed by atoms with Gasteiger partial charge in [-0.15, -0.1) is 11.3 Å². The number of aliphatic carboxylic acids is 1. The molecule has 1 heterocycles. The van der Waals surface area contributed by atoms with Crippen LogP contribution in [0.15, 0.2) is 12.1 Å². The van der Waals surface area contributed by atoms with Gasteiger partial charge in [-0.3, -0.25) is 0 Å². The van der Waals surface area contributed by atoms with Crippen LogP contribution in [0.3, 0.4) is 0 Å². The number of carboxylic acid groups (broad SMARTS) is 1. The van der Waals surface area contributed by atoms with E-state index in [-0.39, 0.29) is 4.88 Å². The first-order valence-electron chi connectivity index (χ1n) is 3.15. The molecule has 0 aliphatic rings. The van der Waals surface area contributed by atoms with Crippen molar-refractivity contribution >= 4 is 17.3 Å². The van der Waals surface area contributed by atoms with Crippen molar-refractivity contribution in [3.63, 3.8) is 0 Å². The molecule has 1 aromatic heterocycles. The molecule has 0 aliphatic heterocycles. The molecular formula is C7H7FO3S. The summed E-state index contributed by atoms with van der Waals surface area (Å²) in [4.78, 5) is 10.3. The van der Waals surface area contributed by atoms with Gasteiger partial charge in [0.1, 0.15) is 0 Å². The van der Waals surface area contributed by atoms with Gasteiger partial charge in [0.05, 0.1) is 12.0 Å². The third-order valence-corrected chi connectivity index (χ3v) is 2.35. The molecular weight excluding hydrogens is 183 g/mol. The SMILES string of the molecule is COc1ccc(C(F)C(=O)O)s1. The summed E-state index contributed by atoms with van der Waals surface area (Å²) in [5.41, 5.74) is 0. The summed E-state index contributed by atoms with van der Waals surface area (Å²) in [6.07, 6.45) is -1.95. The molecule has 0 amide bonds. The van der Waals surface area contributed by atoms with Gasteiger partial charge in [0.15, 0.2) is 5.06 Å². The molecule has 0 bridgehead atoms. The molecule has 0 aromatic carbocycles. The van der Waals surface area contributed by atoms with E-state index in [0.717, 1.165) is 11.3 Å². The zero-order chi connectivity index (χ0) is 9.14. The minimum atomic E-state index is -1.95. The molecule has 0 radical (unpaired) electrons. The van der Waals surface area contributed by atoms with Crippen LogP contribution < -0.4 is 4.74 Å². The van der Waals surface area contributed by atoms with Crippen molar-refractivity contribution in [2.24, 2.45) is 0 Å². The molecule has 0 spiro atoms. The highest BCUT2D eigenvalue weighted by molar-refractivity contribution is 7.14. The van der Waals surface area contributed by atoms with E-state index in [4.69, 9.17) is 9.84 Å². The van der Waals surface area contributed by atoms with Crippen LogP contribution in [0.4, 0.5) is 4.39 Å². The molecule has 1 atom stereocenters. The summed E-state index contributed by atoms with van der Waals surface area (Å²) in [5, 5.41) is 8.82. The largest absolute Gasteiger partial charge is 0.487 e. The quantitative estimate of drug-likeness (QED) is 0.791. The van der Waals surface area contributed by atoms with Gasteiger partial charge in [0, 0.05) is 0 Å². The number of methoxy groups -OCH3 is 1. The smallest absolute Gasteiger partial charge is 0.343 e. The summed E-state index contributed by atoms with van der Waals surface area (Å²) in [7, 11) is 1.45. The summed E-state index contributed by atoms with van der Waals surface area (Å²) >= 11 is 0.991. The number of thiophene rings is 1. The lowest BCUT2D eigenvalue weighted by molar-refractivity contribution is -0.142. The van der Waals surface area contributed by atoms with E-state index in [9.17, 15) is 9.18 Å². The van der Waals surface area contributed by atoms with E-state index in [1.165, 1.54) is 19.2 Å². The number of rotatable bonds is 3. The third kappa shape index (κ3) is 1.73. The zero-order valence-corrected chi connectivity index (χ0v) is 7.10. The maximum absolute atomic E-state index is 12.8. The molecule has 1 N–H and O–H groups in total. The van der Waals surface area contributed by atoms with Crippen LogP contribution in [-0.2, 0) is 4.79 Å². The Morgan fingerprint density at radius 2 is 2.42 bits per heavy atom. The molecule has 5 heteroatoms. The van der Waals surface area contributed by atoms with Gasteiger partial charge in [-0.2, -0.15) is 0 Å². The van der Waals surface area contributed by atoms with E-state index >= 15 is 0 Å². The second kappa shape index (κ2) is 3.53. The molecule has 1 rings (SSSR count). The Morgan fingerprint density at radius 1 is 1.75 bits per heavy atom.